The Labute approximate surface area is 156 Å². The molecule has 0 radical (unpaired) electrons. The van der Waals surface area contributed by atoms with Gasteiger partial charge in [-0.1, -0.05) is 23.8 Å². The molecule has 4 unspecified atom stereocenters. The first-order valence-electron chi connectivity index (χ1n) is 8.50. The number of esters is 1. The van der Waals surface area contributed by atoms with E-state index in [4.69, 9.17) is 15.2 Å². The Morgan fingerprint density at radius 2 is 1.96 bits per heavy atom. The molecule has 0 saturated heterocycles. The average Bonchev–Trinajstić information content (AvgIpc) is 2.60. The molecule has 138 valence electrons. The zero-order chi connectivity index (χ0) is 18.8. The van der Waals surface area contributed by atoms with Crippen LogP contribution in [-0.2, 0) is 14.3 Å². The Hall–Kier alpha value is -2.28. The van der Waals surface area contributed by atoms with Gasteiger partial charge in [-0.05, 0) is 43.3 Å². The van der Waals surface area contributed by atoms with Crippen molar-refractivity contribution in [2.75, 3.05) is 13.7 Å². The highest BCUT2D eigenvalue weighted by Gasteiger charge is 2.48. The van der Waals surface area contributed by atoms with Crippen molar-refractivity contribution in [3.63, 3.8) is 0 Å². The van der Waals surface area contributed by atoms with E-state index in [2.05, 4.69) is 4.99 Å². The minimum Gasteiger partial charge on any atom is -0.497 e. The molecule has 1 heterocycles. The molecule has 0 saturated carbocycles. The second-order valence-corrected chi connectivity index (χ2v) is 7.37. The number of fused-ring (bicyclic) bond motifs is 1. The number of methoxy groups -OCH3 is 1. The van der Waals surface area contributed by atoms with Gasteiger partial charge in [0, 0.05) is 5.92 Å². The van der Waals surface area contributed by atoms with Crippen molar-refractivity contribution >= 4 is 28.0 Å². The zero-order valence-electron chi connectivity index (χ0n) is 15.0. The lowest BCUT2D eigenvalue weighted by atomic mass is 9.67. The van der Waals surface area contributed by atoms with Crippen LogP contribution in [0.4, 0.5) is 0 Å². The molecule has 4 atom stereocenters. The van der Waals surface area contributed by atoms with Gasteiger partial charge in [0.25, 0.3) is 0 Å². The molecule has 0 amide bonds. The van der Waals surface area contributed by atoms with Crippen LogP contribution < -0.4 is 10.5 Å². The Bertz CT molecular complexity index is 772. The summed E-state index contributed by atoms with van der Waals surface area (Å²) in [6, 6.07) is 7.09. The van der Waals surface area contributed by atoms with E-state index >= 15 is 0 Å². The Balaban J connectivity index is 2.10. The number of carbonyl (C=O) groups excluding carboxylic acids is 2. The van der Waals surface area contributed by atoms with Crippen molar-refractivity contribution in [2.45, 2.75) is 25.8 Å². The quantitative estimate of drug-likeness (QED) is 0.643. The van der Waals surface area contributed by atoms with Crippen molar-refractivity contribution in [2.24, 2.45) is 22.6 Å². The van der Waals surface area contributed by atoms with Crippen molar-refractivity contribution in [1.29, 1.82) is 0 Å². The minimum absolute atomic E-state index is 0.0682. The van der Waals surface area contributed by atoms with Crippen LogP contribution in [-0.4, -0.2) is 36.0 Å². The lowest BCUT2D eigenvalue weighted by Gasteiger charge is -2.40. The molecule has 0 aromatic heterocycles. The van der Waals surface area contributed by atoms with E-state index in [1.54, 1.807) is 14.0 Å². The van der Waals surface area contributed by atoms with E-state index in [0.717, 1.165) is 22.9 Å². The van der Waals surface area contributed by atoms with Crippen LogP contribution in [0, 0.1) is 11.8 Å². The maximum absolute atomic E-state index is 12.8. The van der Waals surface area contributed by atoms with E-state index < -0.39 is 11.8 Å². The van der Waals surface area contributed by atoms with Gasteiger partial charge in [0.15, 0.2) is 5.17 Å². The summed E-state index contributed by atoms with van der Waals surface area (Å²) >= 11 is 0.944. The van der Waals surface area contributed by atoms with Gasteiger partial charge in [-0.2, -0.15) is 0 Å². The smallest absolute Gasteiger partial charge is 0.313 e. The van der Waals surface area contributed by atoms with Crippen LogP contribution in [0.2, 0.25) is 0 Å². The summed E-state index contributed by atoms with van der Waals surface area (Å²) < 4.78 is 10.5. The Morgan fingerprint density at radius 1 is 1.27 bits per heavy atom. The van der Waals surface area contributed by atoms with Gasteiger partial charge in [0.1, 0.15) is 5.75 Å². The summed E-state index contributed by atoms with van der Waals surface area (Å²) in [4.78, 5) is 29.9. The lowest BCUT2D eigenvalue weighted by molar-refractivity contribution is -0.148. The Kier molecular flexibility index (Phi) is 5.36. The number of nitrogens with two attached hydrogens (primary N) is 1. The maximum atomic E-state index is 12.8. The van der Waals surface area contributed by atoms with Crippen LogP contribution in [0.15, 0.2) is 40.9 Å². The normalized spacial score (nSPS) is 27.9. The number of thioether (sulfide) groups is 1. The van der Waals surface area contributed by atoms with Crippen LogP contribution in [0.25, 0.3) is 0 Å². The number of amidine groups is 1. The molecule has 1 aromatic rings. The predicted octanol–water partition coefficient (Wildman–Crippen LogP) is 2.49. The summed E-state index contributed by atoms with van der Waals surface area (Å²) in [7, 11) is 1.60. The second kappa shape index (κ2) is 7.53. The number of aliphatic imine (C=N–C) groups is 1. The molecule has 6 nitrogen and oxygen atoms in total. The van der Waals surface area contributed by atoms with Crippen molar-refractivity contribution in [3.8, 4) is 5.75 Å². The monoisotopic (exact) mass is 374 g/mol. The van der Waals surface area contributed by atoms with Gasteiger partial charge in [0.2, 0.25) is 5.12 Å². The van der Waals surface area contributed by atoms with Gasteiger partial charge in [-0.3, -0.25) is 14.6 Å². The molecule has 0 fully saturated rings. The molecular weight excluding hydrogens is 352 g/mol. The van der Waals surface area contributed by atoms with E-state index in [1.165, 1.54) is 0 Å². The second-order valence-electron chi connectivity index (χ2n) is 6.34. The Morgan fingerprint density at radius 3 is 2.58 bits per heavy atom. The molecule has 2 aliphatic rings. The number of benzene rings is 1. The third kappa shape index (κ3) is 3.35. The third-order valence-electron chi connectivity index (χ3n) is 4.83. The fourth-order valence-electron chi connectivity index (χ4n) is 3.72. The van der Waals surface area contributed by atoms with Gasteiger partial charge in [0.05, 0.1) is 31.6 Å². The molecule has 1 aliphatic heterocycles. The number of rotatable bonds is 4. The van der Waals surface area contributed by atoms with Gasteiger partial charge >= 0.3 is 5.97 Å². The maximum Gasteiger partial charge on any atom is 0.313 e. The molecule has 7 heteroatoms. The largest absolute Gasteiger partial charge is 0.497 e. The molecule has 0 bridgehead atoms. The zero-order valence-corrected chi connectivity index (χ0v) is 15.8. The molecule has 1 aromatic carbocycles. The van der Waals surface area contributed by atoms with Crippen molar-refractivity contribution in [1.82, 2.24) is 0 Å². The highest BCUT2D eigenvalue weighted by molar-refractivity contribution is 8.26. The molecule has 26 heavy (non-hydrogen) atoms. The van der Waals surface area contributed by atoms with Crippen LogP contribution in [0.1, 0.15) is 25.3 Å². The summed E-state index contributed by atoms with van der Waals surface area (Å²) in [5.74, 6) is -0.942. The van der Waals surface area contributed by atoms with Gasteiger partial charge < -0.3 is 15.2 Å². The summed E-state index contributed by atoms with van der Waals surface area (Å²) in [5.41, 5.74) is 7.53. The lowest BCUT2D eigenvalue weighted by Crippen LogP contribution is -2.44. The topological polar surface area (TPSA) is 91.0 Å². The van der Waals surface area contributed by atoms with Crippen molar-refractivity contribution < 1.29 is 19.1 Å². The predicted molar refractivity (Wildman–Crippen MR) is 101 cm³/mol. The first-order valence-corrected chi connectivity index (χ1v) is 9.31. The molecule has 1 aliphatic carbocycles. The standard InChI is InChI=1S/C19H22N2O4S/c1-4-25-17(22)14-10(2)9-13-16(18(23)26-19(20)21-13)15(14)11-5-7-12(24-3)8-6-11/h5-9,13-16H,4H2,1-3H3,(H2,20,21). The fourth-order valence-corrected chi connectivity index (χ4v) is 4.52. The van der Waals surface area contributed by atoms with E-state index in [0.29, 0.717) is 12.4 Å². The van der Waals surface area contributed by atoms with Gasteiger partial charge in [-0.25, -0.2) is 0 Å². The van der Waals surface area contributed by atoms with Crippen LogP contribution in [0.5, 0.6) is 5.75 Å². The third-order valence-corrected chi connectivity index (χ3v) is 5.62. The van der Waals surface area contributed by atoms with Gasteiger partial charge in [-0.15, -0.1) is 0 Å². The molecular formula is C19H22N2O4S. The van der Waals surface area contributed by atoms with E-state index in [1.807, 2.05) is 37.3 Å². The van der Waals surface area contributed by atoms with Crippen molar-refractivity contribution in [3.05, 3.63) is 41.5 Å². The first kappa shape index (κ1) is 18.5. The number of nitrogens with zero attached hydrogens (tertiary/aromatic N) is 1. The number of hydrogen-bond acceptors (Lipinski definition) is 7. The number of carbonyl (C=O) groups is 2. The highest BCUT2D eigenvalue weighted by atomic mass is 32.2. The minimum atomic E-state index is -0.524. The number of ether oxygens (including phenoxy) is 2. The summed E-state index contributed by atoms with van der Waals surface area (Å²) in [5, 5.41) is 0.199. The molecule has 2 N–H and O–H groups in total. The highest BCUT2D eigenvalue weighted by Crippen LogP contribution is 2.47. The summed E-state index contributed by atoms with van der Waals surface area (Å²) in [6.07, 6.45) is 1.87. The van der Waals surface area contributed by atoms with Crippen LogP contribution in [0.3, 0.4) is 0 Å². The first-order chi connectivity index (χ1) is 12.5. The molecule has 3 rings (SSSR count). The number of hydrogen-bond donors (Lipinski definition) is 1. The fraction of sp³-hybridized carbons (Fsp3) is 0.421. The van der Waals surface area contributed by atoms with E-state index in [9.17, 15) is 9.59 Å². The average molecular weight is 374 g/mol. The van der Waals surface area contributed by atoms with Crippen LogP contribution >= 0.6 is 11.8 Å². The SMILES string of the molecule is CCOC(=O)C1C(C)=CC2N=C(N)SC(=O)C2C1c1ccc(OC)cc1. The molecule has 0 spiro atoms. The summed E-state index contributed by atoms with van der Waals surface area (Å²) in [6.45, 7) is 3.95. The van der Waals surface area contributed by atoms with E-state index in [-0.39, 0.29) is 28.2 Å².